The van der Waals surface area contributed by atoms with Gasteiger partial charge in [-0.2, -0.15) is 20.5 Å². The van der Waals surface area contributed by atoms with Gasteiger partial charge in [0, 0.05) is 96.1 Å². The second-order valence-corrected chi connectivity index (χ2v) is 21.3. The number of nitrogens with one attached hydrogen (secondary N) is 6. The fourth-order valence-corrected chi connectivity index (χ4v) is 5.33. The predicted molar refractivity (Wildman–Crippen MR) is 320 cm³/mol. The van der Waals surface area contributed by atoms with Crippen LogP contribution in [0, 0.1) is 11.8 Å². The average Bonchev–Trinajstić information content (AvgIpc) is 4.25. The highest BCUT2D eigenvalue weighted by atomic mass is 32.1. The maximum atomic E-state index is 10.5. The number of hydrogen-bond acceptors (Lipinski definition) is 12. The highest BCUT2D eigenvalue weighted by molar-refractivity contribution is 7.07. The van der Waals surface area contributed by atoms with Crippen molar-refractivity contribution in [1.29, 1.82) is 0 Å². The highest BCUT2D eigenvalue weighted by Gasteiger charge is 2.02. The van der Waals surface area contributed by atoms with Crippen molar-refractivity contribution in [3.05, 3.63) is 184 Å². The van der Waals surface area contributed by atoms with E-state index in [4.69, 9.17) is 0 Å². The van der Waals surface area contributed by atoms with E-state index < -0.39 is 0 Å². The number of H-pyrrole nitrogens is 6. The number of aromatic nitrogens is 15. The van der Waals surface area contributed by atoms with Crippen molar-refractivity contribution in [3.63, 3.8) is 0 Å². The van der Waals surface area contributed by atoms with Crippen molar-refractivity contribution in [1.82, 2.24) is 75.8 Å². The molecule has 0 saturated heterocycles. The first-order chi connectivity index (χ1) is 36.5. The van der Waals surface area contributed by atoms with Crippen molar-refractivity contribution in [2.45, 2.75) is 180 Å². The number of imidazole rings is 1. The molecule has 0 fully saturated rings. The molecule has 18 heteroatoms. The second kappa shape index (κ2) is 46.2. The third-order valence-electron chi connectivity index (χ3n) is 8.93. The van der Waals surface area contributed by atoms with Gasteiger partial charge in [-0.05, 0) is 83.6 Å². The molecule has 77 heavy (non-hydrogen) atoms. The van der Waals surface area contributed by atoms with E-state index in [1.54, 1.807) is 79.6 Å². The molecule has 0 radical (unpaired) electrons. The van der Waals surface area contributed by atoms with Gasteiger partial charge < -0.3 is 19.6 Å². The fourth-order valence-electron chi connectivity index (χ4n) is 4.61. The third-order valence-corrected chi connectivity index (χ3v) is 9.53. The molecule has 0 aliphatic heterocycles. The number of pyridine rings is 1. The second-order valence-electron chi connectivity index (χ2n) is 20.6. The molecule has 9 rings (SSSR count). The molecule has 9 heterocycles. The summed E-state index contributed by atoms with van der Waals surface area (Å²) in [6, 6.07) is 15.3. The van der Waals surface area contributed by atoms with Crippen LogP contribution in [-0.2, 0) is 0 Å². The zero-order valence-corrected chi connectivity index (χ0v) is 51.0. The Morgan fingerprint density at radius 1 is 0.481 bits per heavy atom. The van der Waals surface area contributed by atoms with E-state index >= 15 is 0 Å². The van der Waals surface area contributed by atoms with Gasteiger partial charge in [0.05, 0.1) is 35.1 Å². The standard InChI is InChI=1S/C7H11N.C6H10N2O.2C6H10N2.C6H9NO.C6H9NS.C5H9N3.C5H5N.C4H4N2.2C4H10/c1-6(2)7-4-3-5-8-7;1-4(2)5-3-6(9)8-7-5;1-5(2)6-3-7-4-8-6;1-5(2)6-3-4-7-8-6;1-5(2)6-3-4-8-7-6;1-5(2)6-3-8-4-7-6;1-4(2)5-3-6-8-7-5;1-2-4-6-5-3-1;1-2-6-4-3-5-1;2*1-4(2)3/h3-6,8H,1-2H3;3-4H,1-2H3,(H2,7,8,9);2*3-5H,1-2H3,(H,7,8);2*3-5H,1-2H3;3-4H,1-2H3,(H,6,7,8);1-5H;1-4H;2*4H,1-3H3. The van der Waals surface area contributed by atoms with E-state index in [2.05, 4.69) is 216 Å². The SMILES string of the molecule is CC(C)C.CC(C)C.CC(C)c1cc(=O)[nH][nH]1.CC(C)c1ccc[nH]1.CC(C)c1ccn[nH]1.CC(C)c1ccon1.CC(C)c1cn[nH]n1.CC(C)c1cnc[nH]1.CC(C)c1cscn1.c1ccncc1.c1cnccn1. The Labute approximate surface area is 465 Å². The van der Waals surface area contributed by atoms with Crippen LogP contribution in [0.15, 0.2) is 143 Å². The summed E-state index contributed by atoms with van der Waals surface area (Å²) in [5.74, 6) is 5.37. The first kappa shape index (κ1) is 72.0. The molecule has 9 aromatic heterocycles. The van der Waals surface area contributed by atoms with Crippen molar-refractivity contribution in [2.24, 2.45) is 11.8 Å². The lowest BCUT2D eigenvalue weighted by atomic mass is 10.1. The summed E-state index contributed by atoms with van der Waals surface area (Å²) < 4.78 is 4.63. The molecule has 17 nitrogen and oxygen atoms in total. The van der Waals surface area contributed by atoms with Crippen LogP contribution in [0.5, 0.6) is 0 Å². The van der Waals surface area contributed by atoms with Gasteiger partial charge in [-0.15, -0.1) is 11.3 Å². The van der Waals surface area contributed by atoms with E-state index in [0.29, 0.717) is 41.4 Å². The minimum atomic E-state index is -0.0568. The van der Waals surface area contributed by atoms with Gasteiger partial charge in [0.1, 0.15) is 6.26 Å². The maximum absolute atomic E-state index is 10.5. The van der Waals surface area contributed by atoms with Gasteiger partial charge in [-0.3, -0.25) is 29.9 Å². The van der Waals surface area contributed by atoms with Crippen LogP contribution in [0.3, 0.4) is 0 Å². The lowest BCUT2D eigenvalue weighted by Crippen LogP contribution is -1.93. The lowest BCUT2D eigenvalue weighted by Gasteiger charge is -1.97. The summed E-state index contributed by atoms with van der Waals surface area (Å²) in [5.41, 5.74) is 9.72. The lowest BCUT2D eigenvalue weighted by molar-refractivity contribution is 0.408. The fraction of sp³-hybridized carbons (Fsp3) is 0.492. The molecule has 0 aliphatic rings. The van der Waals surface area contributed by atoms with Crippen molar-refractivity contribution in [2.75, 3.05) is 0 Å². The zero-order valence-electron chi connectivity index (χ0n) is 50.1. The Bertz CT molecular complexity index is 2100. The topological polar surface area (TPSA) is 241 Å². The Hall–Kier alpha value is -7.08. The molecule has 0 unspecified atom stereocenters. The summed E-state index contributed by atoms with van der Waals surface area (Å²) in [6.07, 6.45) is 20.7. The van der Waals surface area contributed by atoms with Crippen molar-refractivity contribution in [3.8, 4) is 0 Å². The number of hydrogen-bond donors (Lipinski definition) is 6. The minimum Gasteiger partial charge on any atom is -0.365 e. The average molecular weight is 1080 g/mol. The number of thiazole rings is 1. The number of rotatable bonds is 7. The smallest absolute Gasteiger partial charge is 0.264 e. The van der Waals surface area contributed by atoms with Gasteiger partial charge >= 0.3 is 0 Å². The van der Waals surface area contributed by atoms with Crippen molar-refractivity contribution < 1.29 is 4.52 Å². The normalized spacial score (nSPS) is 9.88. The van der Waals surface area contributed by atoms with Crippen molar-refractivity contribution >= 4 is 11.3 Å². The number of nitrogens with zero attached hydrogens (tertiary/aromatic N) is 9. The summed E-state index contributed by atoms with van der Waals surface area (Å²) in [7, 11) is 0. The van der Waals surface area contributed by atoms with Crippen LogP contribution in [0.4, 0.5) is 0 Å². The predicted octanol–water partition coefficient (Wildman–Crippen LogP) is 15.9. The summed E-state index contributed by atoms with van der Waals surface area (Å²) in [6.45, 7) is 42.5. The molecule has 0 amide bonds. The largest absolute Gasteiger partial charge is 0.365 e. The Balaban J connectivity index is 0. The van der Waals surface area contributed by atoms with Crippen LogP contribution in [0.1, 0.15) is 220 Å². The van der Waals surface area contributed by atoms with Crippen LogP contribution >= 0.6 is 11.3 Å². The summed E-state index contributed by atoms with van der Waals surface area (Å²) >= 11 is 1.66. The quantitative estimate of drug-likeness (QED) is 0.0877. The van der Waals surface area contributed by atoms with Gasteiger partial charge in [-0.1, -0.05) is 150 Å². The molecule has 0 atom stereocenters. The third kappa shape index (κ3) is 43.8. The molecule has 0 saturated carbocycles. The molecule has 6 N–H and O–H groups in total. The van der Waals surface area contributed by atoms with Gasteiger partial charge in [0.15, 0.2) is 0 Å². The first-order valence-corrected chi connectivity index (χ1v) is 27.5. The van der Waals surface area contributed by atoms with E-state index in [-0.39, 0.29) is 5.56 Å². The molecule has 0 aromatic carbocycles. The highest BCUT2D eigenvalue weighted by Crippen LogP contribution is 2.13. The molecule has 0 bridgehead atoms. The van der Waals surface area contributed by atoms with Crippen LogP contribution in [-0.4, -0.2) is 75.8 Å². The van der Waals surface area contributed by atoms with Crippen LogP contribution in [0.2, 0.25) is 0 Å². The summed E-state index contributed by atoms with van der Waals surface area (Å²) in [5, 5.41) is 27.9. The Morgan fingerprint density at radius 2 is 1.03 bits per heavy atom. The Kier molecular flexibility index (Phi) is 43.2. The monoisotopic (exact) mass is 1080 g/mol. The maximum Gasteiger partial charge on any atom is 0.264 e. The van der Waals surface area contributed by atoms with Crippen LogP contribution < -0.4 is 5.56 Å². The Morgan fingerprint density at radius 3 is 1.23 bits per heavy atom. The van der Waals surface area contributed by atoms with Gasteiger partial charge in [0.25, 0.3) is 5.56 Å². The van der Waals surface area contributed by atoms with E-state index in [1.165, 1.54) is 22.8 Å². The van der Waals surface area contributed by atoms with Gasteiger partial charge in [0.2, 0.25) is 0 Å². The zero-order chi connectivity index (χ0) is 58.4. The molecule has 426 valence electrons. The van der Waals surface area contributed by atoms with E-state index in [9.17, 15) is 4.79 Å². The summed E-state index contributed by atoms with van der Waals surface area (Å²) in [4.78, 5) is 35.9. The van der Waals surface area contributed by atoms with Gasteiger partial charge in [-0.25, -0.2) is 9.97 Å². The van der Waals surface area contributed by atoms with E-state index in [0.717, 1.165) is 28.9 Å². The molecule has 9 aromatic rings. The minimum absolute atomic E-state index is 0.0568. The van der Waals surface area contributed by atoms with Crippen LogP contribution in [0.25, 0.3) is 0 Å². The molecular formula is C59H97N15O2S. The molecule has 0 spiro atoms. The first-order valence-electron chi connectivity index (χ1n) is 26.6. The number of aromatic amines is 6. The molecular weight excluding hydrogens is 983 g/mol. The van der Waals surface area contributed by atoms with E-state index in [1.807, 2.05) is 68.1 Å². The molecule has 0 aliphatic carbocycles.